The van der Waals surface area contributed by atoms with Crippen molar-refractivity contribution in [2.24, 2.45) is 0 Å². The number of carbonyl (C=O) groups is 5. The minimum atomic E-state index is -3.42. The van der Waals surface area contributed by atoms with Crippen molar-refractivity contribution in [3.05, 3.63) is 83.9 Å². The predicted molar refractivity (Wildman–Crippen MR) is 206 cm³/mol. The second-order valence-electron chi connectivity index (χ2n) is 13.9. The smallest absolute Gasteiger partial charge is 0.367 e. The normalized spacial score (nSPS) is 19.2. The number of carbonyl (C=O) groups excluding carboxylic acids is 5. The zero-order chi connectivity index (χ0) is 40.1. The molecule has 2 saturated heterocycles. The van der Waals surface area contributed by atoms with E-state index in [4.69, 9.17) is 13.8 Å². The predicted octanol–water partition coefficient (Wildman–Crippen LogP) is 3.13. The number of fused-ring (bicyclic) bond motifs is 1. The van der Waals surface area contributed by atoms with E-state index in [1.807, 2.05) is 30.3 Å². The van der Waals surface area contributed by atoms with Crippen LogP contribution in [-0.4, -0.2) is 94.2 Å². The van der Waals surface area contributed by atoms with Crippen LogP contribution < -0.4 is 26.0 Å². The lowest BCUT2D eigenvalue weighted by Crippen LogP contribution is -2.58. The molecule has 3 aromatic rings. The molecule has 3 heterocycles. The molecule has 0 saturated carbocycles. The molecule has 302 valence electrons. The Labute approximate surface area is 326 Å². The molecule has 5 N–H and O–H groups in total. The molecular weight excluding hydrogens is 741 g/mol. The maximum absolute atomic E-state index is 14.2. The van der Waals surface area contributed by atoms with Gasteiger partial charge in [-0.3, -0.25) is 28.5 Å². The summed E-state index contributed by atoms with van der Waals surface area (Å²) in [6, 6.07) is 12.3. The summed E-state index contributed by atoms with van der Waals surface area (Å²) in [6.45, 7) is 5.42. The minimum absolute atomic E-state index is 0.115. The van der Waals surface area contributed by atoms with Gasteiger partial charge in [0.15, 0.2) is 6.35 Å². The Balaban J connectivity index is 1.23. The first-order valence-corrected chi connectivity index (χ1v) is 20.8. The first-order valence-electron chi connectivity index (χ1n) is 19.1. The van der Waals surface area contributed by atoms with Gasteiger partial charge in [0.2, 0.25) is 29.5 Å². The monoisotopic (exact) mass is 793 g/mol. The molecule has 5 atom stereocenters. The number of rotatable bonds is 19. The molecule has 2 aliphatic rings. The number of nitrogens with zero attached hydrogens (tertiary/aromatic N) is 2. The van der Waals surface area contributed by atoms with E-state index >= 15 is 0 Å². The quantitative estimate of drug-likeness (QED) is 0.112. The third kappa shape index (κ3) is 11.7. The van der Waals surface area contributed by atoms with Gasteiger partial charge in [0.1, 0.15) is 29.9 Å². The molecule has 5 amide bonds. The summed E-state index contributed by atoms with van der Waals surface area (Å²) in [6.07, 6.45) is 5.79. The summed E-state index contributed by atoms with van der Waals surface area (Å²) in [7, 11) is -3.42. The van der Waals surface area contributed by atoms with Crippen molar-refractivity contribution in [3.63, 3.8) is 0 Å². The molecule has 0 bridgehead atoms. The SMILES string of the molecule is CCOP(=O)(COc1ccc(C[C@H](NC(C)=O)C(=O)N[C@H]2CCCC3CC[C@@H](C(=O)N[C@@H](Cc4cnc[nH]4)C(=O)NCc4ccccc4)N3C2=O)cc1)OCC. The first-order chi connectivity index (χ1) is 27.0. The lowest BCUT2D eigenvalue weighted by molar-refractivity contribution is -0.143. The van der Waals surface area contributed by atoms with E-state index < -0.39 is 49.5 Å². The number of ether oxygens (including phenoxy) is 1. The Morgan fingerprint density at radius 3 is 2.27 bits per heavy atom. The highest BCUT2D eigenvalue weighted by Crippen LogP contribution is 2.47. The van der Waals surface area contributed by atoms with Crippen molar-refractivity contribution < 1.29 is 42.3 Å². The fraction of sp³-hybridized carbons (Fsp3) is 0.487. The summed E-state index contributed by atoms with van der Waals surface area (Å²) >= 11 is 0. The molecule has 56 heavy (non-hydrogen) atoms. The minimum Gasteiger partial charge on any atom is -0.481 e. The highest BCUT2D eigenvalue weighted by molar-refractivity contribution is 7.53. The molecule has 1 unspecified atom stereocenters. The lowest BCUT2D eigenvalue weighted by atomic mass is 10.0. The number of nitrogens with one attached hydrogen (secondary N) is 5. The van der Waals surface area contributed by atoms with Crippen LogP contribution in [0, 0.1) is 0 Å². The number of aromatic nitrogens is 2. The van der Waals surface area contributed by atoms with Gasteiger partial charge in [-0.05, 0) is 69.2 Å². The first kappa shape index (κ1) is 42.1. The molecule has 17 heteroatoms. The second kappa shape index (κ2) is 20.2. The van der Waals surface area contributed by atoms with E-state index in [1.54, 1.807) is 49.2 Å². The Morgan fingerprint density at radius 2 is 1.61 bits per heavy atom. The van der Waals surface area contributed by atoms with Crippen LogP contribution in [0.15, 0.2) is 67.1 Å². The van der Waals surface area contributed by atoms with Crippen LogP contribution in [0.2, 0.25) is 0 Å². The molecule has 2 aliphatic heterocycles. The van der Waals surface area contributed by atoms with Gasteiger partial charge in [-0.15, -0.1) is 0 Å². The Kier molecular flexibility index (Phi) is 15.2. The van der Waals surface area contributed by atoms with Crippen LogP contribution in [0.1, 0.15) is 69.7 Å². The van der Waals surface area contributed by atoms with E-state index in [1.165, 1.54) is 13.3 Å². The average Bonchev–Trinajstić information content (AvgIpc) is 3.83. The summed E-state index contributed by atoms with van der Waals surface area (Å²) in [5.74, 6) is -1.75. The number of hydrogen-bond acceptors (Lipinski definition) is 10. The van der Waals surface area contributed by atoms with Gasteiger partial charge in [0.25, 0.3) is 0 Å². The van der Waals surface area contributed by atoms with Gasteiger partial charge < -0.3 is 44.9 Å². The number of amides is 5. The zero-order valence-corrected chi connectivity index (χ0v) is 32.9. The lowest BCUT2D eigenvalue weighted by Gasteiger charge is -2.32. The van der Waals surface area contributed by atoms with Crippen molar-refractivity contribution in [1.82, 2.24) is 36.1 Å². The average molecular weight is 794 g/mol. The molecule has 0 aliphatic carbocycles. The number of H-pyrrole nitrogens is 1. The number of benzene rings is 2. The topological polar surface area (TPSA) is 210 Å². The third-order valence-electron chi connectivity index (χ3n) is 9.72. The van der Waals surface area contributed by atoms with Crippen molar-refractivity contribution in [3.8, 4) is 5.75 Å². The van der Waals surface area contributed by atoms with Crippen LogP contribution >= 0.6 is 7.60 Å². The van der Waals surface area contributed by atoms with Gasteiger partial charge >= 0.3 is 7.60 Å². The summed E-state index contributed by atoms with van der Waals surface area (Å²) in [4.78, 5) is 76.1. The van der Waals surface area contributed by atoms with E-state index in [2.05, 4.69) is 31.2 Å². The number of hydrogen-bond donors (Lipinski definition) is 5. The Morgan fingerprint density at radius 1 is 0.893 bits per heavy atom. The summed E-state index contributed by atoms with van der Waals surface area (Å²) in [5.41, 5.74) is 2.26. The van der Waals surface area contributed by atoms with Crippen molar-refractivity contribution in [2.75, 3.05) is 19.6 Å². The van der Waals surface area contributed by atoms with Gasteiger partial charge in [-0.1, -0.05) is 42.5 Å². The second-order valence-corrected chi connectivity index (χ2v) is 15.8. The van der Waals surface area contributed by atoms with Crippen molar-refractivity contribution in [2.45, 2.75) is 102 Å². The van der Waals surface area contributed by atoms with Crippen LogP contribution in [0.3, 0.4) is 0 Å². The van der Waals surface area contributed by atoms with Gasteiger partial charge in [-0.25, -0.2) is 4.98 Å². The molecule has 0 spiro atoms. The van der Waals surface area contributed by atoms with Gasteiger partial charge in [0.05, 0.1) is 19.5 Å². The van der Waals surface area contributed by atoms with Gasteiger partial charge in [0, 0.05) is 44.2 Å². The highest BCUT2D eigenvalue weighted by atomic mass is 31.2. The fourth-order valence-electron chi connectivity index (χ4n) is 7.10. The van der Waals surface area contributed by atoms with Crippen LogP contribution in [0.25, 0.3) is 0 Å². The van der Waals surface area contributed by atoms with Crippen LogP contribution in [0.5, 0.6) is 5.75 Å². The zero-order valence-electron chi connectivity index (χ0n) is 32.0. The van der Waals surface area contributed by atoms with Crippen LogP contribution in [0.4, 0.5) is 0 Å². The fourth-order valence-corrected chi connectivity index (χ4v) is 8.41. The maximum Gasteiger partial charge on any atom is 0.367 e. The van der Waals surface area contributed by atoms with Crippen LogP contribution in [-0.2, 0) is 57.0 Å². The molecule has 1 aromatic heterocycles. The Hall–Kier alpha value is -5.05. The molecule has 5 rings (SSSR count). The van der Waals surface area contributed by atoms with E-state index in [-0.39, 0.29) is 56.8 Å². The molecule has 2 fully saturated rings. The van der Waals surface area contributed by atoms with Crippen molar-refractivity contribution >= 4 is 37.1 Å². The summed E-state index contributed by atoms with van der Waals surface area (Å²) in [5, 5.41) is 11.4. The van der Waals surface area contributed by atoms with Gasteiger partial charge in [-0.2, -0.15) is 0 Å². The molecule has 16 nitrogen and oxygen atoms in total. The molecule has 2 aromatic carbocycles. The largest absolute Gasteiger partial charge is 0.481 e. The van der Waals surface area contributed by atoms with E-state index in [0.29, 0.717) is 49.1 Å². The van der Waals surface area contributed by atoms with E-state index in [0.717, 1.165) is 5.56 Å². The summed E-state index contributed by atoms with van der Waals surface area (Å²) < 4.78 is 29.0. The van der Waals surface area contributed by atoms with E-state index in [9.17, 15) is 28.5 Å². The third-order valence-corrected chi connectivity index (χ3v) is 11.5. The Bertz CT molecular complexity index is 1820. The molecular formula is C39H52N7O9P. The number of imidazole rings is 1. The van der Waals surface area contributed by atoms with Crippen molar-refractivity contribution in [1.29, 1.82) is 0 Å². The standard InChI is InChI=1S/C39H52N7O9P/c1-4-54-56(52,55-5-2)25-53-31-17-14-27(15-18-31)20-33(43-26(3)47)37(49)44-32-13-9-12-30-16-19-35(46(30)39(32)51)38(50)45-34(21-29-23-40-24-42-29)36(48)41-22-28-10-7-6-8-11-28/h6-8,10-11,14-15,17-18,23-24,30,32-35H,4-5,9,12-13,16,19-22,25H2,1-3H3,(H,40,42)(H,41,48)(H,43,47)(H,44,49)(H,45,50)/t30?,32-,33-,34-,35-/m0/s1. The highest BCUT2D eigenvalue weighted by Gasteiger charge is 2.45. The number of aromatic amines is 1. The molecule has 0 radical (unpaired) electrons. The maximum atomic E-state index is 14.2.